The van der Waals surface area contributed by atoms with Gasteiger partial charge in [-0.05, 0) is 31.2 Å². The van der Waals surface area contributed by atoms with Crippen molar-refractivity contribution in [3.05, 3.63) is 28.2 Å². The maximum atomic E-state index is 12.5. The average Bonchev–Trinajstić information content (AvgIpc) is 3.28. The number of amides is 1. The molecule has 0 radical (unpaired) electrons. The topological polar surface area (TPSA) is 94.5 Å². The molecule has 0 spiro atoms. The Labute approximate surface area is 155 Å². The fourth-order valence-corrected chi connectivity index (χ4v) is 4.41. The highest BCUT2D eigenvalue weighted by Gasteiger charge is 2.35. The van der Waals surface area contributed by atoms with Gasteiger partial charge in [0.2, 0.25) is 11.1 Å². The lowest BCUT2D eigenvalue weighted by Crippen LogP contribution is -2.50. The number of thioether (sulfide) groups is 1. The first-order chi connectivity index (χ1) is 12.1. The average molecular weight is 376 g/mol. The standard InChI is InChI=1S/C17H21N5OS2/c1-12(15(23)20-17(11-18)7-3-2-4-8-17)25-16-19-14(21-22-16)10-13-6-5-9-24-13/h5-6,9,12H,2-4,7-8,10H2,1H3,(H,20,23)(H,19,21,22). The summed E-state index contributed by atoms with van der Waals surface area (Å²) in [5.41, 5.74) is -0.701. The van der Waals surface area contributed by atoms with Gasteiger partial charge in [0.15, 0.2) is 0 Å². The molecule has 0 aliphatic heterocycles. The van der Waals surface area contributed by atoms with Crippen LogP contribution in [-0.2, 0) is 11.2 Å². The van der Waals surface area contributed by atoms with Gasteiger partial charge < -0.3 is 5.32 Å². The lowest BCUT2D eigenvalue weighted by Gasteiger charge is -2.32. The number of nitrogens with zero attached hydrogens (tertiary/aromatic N) is 3. The number of nitriles is 1. The van der Waals surface area contributed by atoms with Gasteiger partial charge in [0, 0.05) is 11.3 Å². The number of carbonyl (C=O) groups excluding carboxylic acids is 1. The van der Waals surface area contributed by atoms with E-state index in [1.54, 1.807) is 11.3 Å². The van der Waals surface area contributed by atoms with Gasteiger partial charge in [0.05, 0.1) is 11.3 Å². The van der Waals surface area contributed by atoms with Gasteiger partial charge in [-0.15, -0.1) is 16.4 Å². The molecule has 6 nitrogen and oxygen atoms in total. The molecule has 8 heteroatoms. The summed E-state index contributed by atoms with van der Waals surface area (Å²) < 4.78 is 0. The molecular weight excluding hydrogens is 354 g/mol. The molecule has 1 atom stereocenters. The van der Waals surface area contributed by atoms with E-state index in [9.17, 15) is 10.1 Å². The Balaban J connectivity index is 1.56. The monoisotopic (exact) mass is 375 g/mol. The highest BCUT2D eigenvalue weighted by atomic mass is 32.2. The van der Waals surface area contributed by atoms with Crippen molar-refractivity contribution in [3.63, 3.8) is 0 Å². The van der Waals surface area contributed by atoms with Crippen LogP contribution in [0.5, 0.6) is 0 Å². The SMILES string of the molecule is CC(Sc1n[nH]c(Cc2cccs2)n1)C(=O)NC1(C#N)CCCCC1. The fraction of sp³-hybridized carbons (Fsp3) is 0.529. The van der Waals surface area contributed by atoms with E-state index in [1.165, 1.54) is 16.6 Å². The number of hydrogen-bond acceptors (Lipinski definition) is 6. The summed E-state index contributed by atoms with van der Waals surface area (Å²) in [6, 6.07) is 6.38. The predicted molar refractivity (Wildman–Crippen MR) is 98.4 cm³/mol. The van der Waals surface area contributed by atoms with Gasteiger partial charge in [-0.3, -0.25) is 9.89 Å². The van der Waals surface area contributed by atoms with E-state index < -0.39 is 5.54 Å². The van der Waals surface area contributed by atoms with Crippen LogP contribution < -0.4 is 5.32 Å². The third-order valence-electron chi connectivity index (χ3n) is 4.37. The van der Waals surface area contributed by atoms with Crippen molar-refractivity contribution in [1.82, 2.24) is 20.5 Å². The van der Waals surface area contributed by atoms with Crippen LogP contribution in [-0.4, -0.2) is 31.9 Å². The smallest absolute Gasteiger partial charge is 0.234 e. The summed E-state index contributed by atoms with van der Waals surface area (Å²) in [4.78, 5) is 18.2. The molecule has 2 N–H and O–H groups in total. The molecule has 25 heavy (non-hydrogen) atoms. The Kier molecular flexibility index (Phi) is 5.76. The van der Waals surface area contributed by atoms with Gasteiger partial charge in [-0.1, -0.05) is 37.1 Å². The first-order valence-corrected chi connectivity index (χ1v) is 10.2. The summed E-state index contributed by atoms with van der Waals surface area (Å²) in [5.74, 6) is 0.663. The minimum atomic E-state index is -0.701. The Morgan fingerprint density at radius 2 is 2.32 bits per heavy atom. The highest BCUT2D eigenvalue weighted by Crippen LogP contribution is 2.29. The molecule has 1 aliphatic rings. The summed E-state index contributed by atoms with van der Waals surface area (Å²) in [5, 5.41) is 21.8. The summed E-state index contributed by atoms with van der Waals surface area (Å²) in [6.07, 6.45) is 5.29. The van der Waals surface area contributed by atoms with E-state index in [1.807, 2.05) is 18.4 Å². The molecule has 1 fully saturated rings. The lowest BCUT2D eigenvalue weighted by molar-refractivity contribution is -0.121. The zero-order chi connectivity index (χ0) is 17.7. The second-order valence-corrected chi connectivity index (χ2v) is 8.66. The normalized spacial score (nSPS) is 17.6. The summed E-state index contributed by atoms with van der Waals surface area (Å²) in [6.45, 7) is 1.82. The number of aromatic nitrogens is 3. The molecule has 1 unspecified atom stereocenters. The predicted octanol–water partition coefficient (Wildman–Crippen LogP) is 3.28. The fourth-order valence-electron chi connectivity index (χ4n) is 2.96. The van der Waals surface area contributed by atoms with E-state index in [2.05, 4.69) is 32.6 Å². The first-order valence-electron chi connectivity index (χ1n) is 8.44. The molecule has 132 valence electrons. The quantitative estimate of drug-likeness (QED) is 0.756. The van der Waals surface area contributed by atoms with Crippen molar-refractivity contribution in [2.45, 2.75) is 61.4 Å². The van der Waals surface area contributed by atoms with Crippen molar-refractivity contribution in [3.8, 4) is 6.07 Å². The van der Waals surface area contributed by atoms with Crippen molar-refractivity contribution in [1.29, 1.82) is 5.26 Å². The van der Waals surface area contributed by atoms with Crippen molar-refractivity contribution >= 4 is 29.0 Å². The lowest BCUT2D eigenvalue weighted by atomic mass is 9.83. The molecule has 3 rings (SSSR count). The number of nitrogens with one attached hydrogen (secondary N) is 2. The molecule has 0 aromatic carbocycles. The highest BCUT2D eigenvalue weighted by molar-refractivity contribution is 8.00. The number of H-pyrrole nitrogens is 1. The number of hydrogen-bond donors (Lipinski definition) is 2. The van der Waals surface area contributed by atoms with Crippen LogP contribution in [0.3, 0.4) is 0 Å². The Morgan fingerprint density at radius 3 is 3.00 bits per heavy atom. The number of thiophene rings is 1. The minimum absolute atomic E-state index is 0.127. The second kappa shape index (κ2) is 8.02. The van der Waals surface area contributed by atoms with Crippen LogP contribution in [0.25, 0.3) is 0 Å². The zero-order valence-electron chi connectivity index (χ0n) is 14.1. The van der Waals surface area contributed by atoms with Gasteiger partial charge in [-0.2, -0.15) is 5.26 Å². The maximum Gasteiger partial charge on any atom is 0.234 e. The molecular formula is C17H21N5OS2. The van der Waals surface area contributed by atoms with Gasteiger partial charge in [0.1, 0.15) is 11.4 Å². The van der Waals surface area contributed by atoms with E-state index in [-0.39, 0.29) is 11.2 Å². The first kappa shape index (κ1) is 18.0. The van der Waals surface area contributed by atoms with Crippen molar-refractivity contribution in [2.75, 3.05) is 0 Å². The number of carbonyl (C=O) groups is 1. The van der Waals surface area contributed by atoms with Gasteiger partial charge >= 0.3 is 0 Å². The van der Waals surface area contributed by atoms with E-state index in [4.69, 9.17) is 0 Å². The third-order valence-corrected chi connectivity index (χ3v) is 6.21. The largest absolute Gasteiger partial charge is 0.337 e. The molecule has 0 bridgehead atoms. The van der Waals surface area contributed by atoms with Crippen LogP contribution in [0.2, 0.25) is 0 Å². The Hall–Kier alpha value is -1.85. The van der Waals surface area contributed by atoms with Crippen LogP contribution in [0.15, 0.2) is 22.7 Å². The summed E-state index contributed by atoms with van der Waals surface area (Å²) in [7, 11) is 0. The maximum absolute atomic E-state index is 12.5. The van der Waals surface area contributed by atoms with Gasteiger partial charge in [-0.25, -0.2) is 4.98 Å². The van der Waals surface area contributed by atoms with Gasteiger partial charge in [0.25, 0.3) is 0 Å². The Bertz CT molecular complexity index is 743. The number of rotatable bonds is 6. The van der Waals surface area contributed by atoms with Crippen LogP contribution in [0.4, 0.5) is 0 Å². The molecule has 2 heterocycles. The number of aromatic amines is 1. The van der Waals surface area contributed by atoms with Crippen molar-refractivity contribution < 1.29 is 4.79 Å². The minimum Gasteiger partial charge on any atom is -0.337 e. The molecule has 1 aliphatic carbocycles. The molecule has 2 aromatic rings. The zero-order valence-corrected chi connectivity index (χ0v) is 15.8. The van der Waals surface area contributed by atoms with E-state index in [0.717, 1.165) is 37.9 Å². The van der Waals surface area contributed by atoms with Crippen LogP contribution in [0, 0.1) is 11.3 Å². The van der Waals surface area contributed by atoms with E-state index in [0.29, 0.717) is 11.6 Å². The second-order valence-electron chi connectivity index (χ2n) is 6.32. The van der Waals surface area contributed by atoms with Crippen LogP contribution >= 0.6 is 23.1 Å². The van der Waals surface area contributed by atoms with Crippen molar-refractivity contribution in [2.24, 2.45) is 0 Å². The third kappa shape index (κ3) is 4.61. The molecule has 1 amide bonds. The summed E-state index contributed by atoms with van der Waals surface area (Å²) >= 11 is 2.99. The Morgan fingerprint density at radius 1 is 1.52 bits per heavy atom. The molecule has 0 saturated heterocycles. The van der Waals surface area contributed by atoms with Crippen LogP contribution in [0.1, 0.15) is 49.7 Å². The molecule has 1 saturated carbocycles. The molecule has 2 aromatic heterocycles. The van der Waals surface area contributed by atoms with E-state index >= 15 is 0 Å².